The maximum Gasteiger partial charge on any atom is 0.338 e. The van der Waals surface area contributed by atoms with Gasteiger partial charge in [-0.2, -0.15) is 0 Å². The normalized spacial score (nSPS) is 15.0. The van der Waals surface area contributed by atoms with Crippen molar-refractivity contribution in [1.29, 1.82) is 0 Å². The van der Waals surface area contributed by atoms with E-state index in [1.165, 1.54) is 11.3 Å². The number of hydrogen-bond acceptors (Lipinski definition) is 6. The molecule has 40 heavy (non-hydrogen) atoms. The second-order valence-corrected chi connectivity index (χ2v) is 11.7. The number of esters is 1. The van der Waals surface area contributed by atoms with E-state index < -0.39 is 12.0 Å². The smallest absolute Gasteiger partial charge is 0.338 e. The van der Waals surface area contributed by atoms with E-state index in [-0.39, 0.29) is 18.8 Å². The van der Waals surface area contributed by atoms with Gasteiger partial charge in [0.1, 0.15) is 12.4 Å². The summed E-state index contributed by atoms with van der Waals surface area (Å²) in [6, 6.07) is 19.6. The number of rotatable bonds is 7. The molecule has 0 unspecified atom stereocenters. The van der Waals surface area contributed by atoms with Gasteiger partial charge in [0.15, 0.2) is 4.80 Å². The van der Waals surface area contributed by atoms with Crippen LogP contribution in [0.15, 0.2) is 92.3 Å². The van der Waals surface area contributed by atoms with Gasteiger partial charge in [0.05, 0.1) is 28.5 Å². The molecule has 0 amide bonds. The van der Waals surface area contributed by atoms with Crippen molar-refractivity contribution in [2.24, 2.45) is 4.99 Å². The molecule has 0 fully saturated rings. The number of ether oxygens (including phenoxy) is 2. The molecule has 4 aromatic rings. The Labute approximate surface area is 252 Å². The van der Waals surface area contributed by atoms with Crippen molar-refractivity contribution < 1.29 is 14.3 Å². The molecule has 5 rings (SSSR count). The van der Waals surface area contributed by atoms with E-state index in [1.807, 2.05) is 54.6 Å². The molecule has 0 spiro atoms. The molecule has 0 saturated heterocycles. The molecule has 1 aromatic heterocycles. The predicted molar refractivity (Wildman–Crippen MR) is 162 cm³/mol. The zero-order valence-electron chi connectivity index (χ0n) is 21.5. The lowest BCUT2D eigenvalue weighted by atomic mass is 9.96. The summed E-state index contributed by atoms with van der Waals surface area (Å²) < 4.78 is 14.3. The molecule has 6 nitrogen and oxygen atoms in total. The molecule has 0 bridgehead atoms. The SMILES string of the molecule is CCOC(=O)C1=C(C)N=c2s/c(=C\c3cccc(OCc4ccc(Cl)cc4Cl)c3)c(=O)n2[C@H]1c1ccc(Br)cc1. The van der Waals surface area contributed by atoms with E-state index in [4.69, 9.17) is 32.7 Å². The van der Waals surface area contributed by atoms with E-state index >= 15 is 0 Å². The highest BCUT2D eigenvalue weighted by molar-refractivity contribution is 9.10. The van der Waals surface area contributed by atoms with Crippen LogP contribution >= 0.6 is 50.5 Å². The van der Waals surface area contributed by atoms with E-state index in [1.54, 1.807) is 36.6 Å². The van der Waals surface area contributed by atoms with Gasteiger partial charge in [-0.3, -0.25) is 9.36 Å². The molecule has 2 heterocycles. The second-order valence-electron chi connectivity index (χ2n) is 8.95. The van der Waals surface area contributed by atoms with Crippen LogP contribution in [-0.4, -0.2) is 17.1 Å². The molecule has 0 saturated carbocycles. The number of halogens is 3. The zero-order valence-corrected chi connectivity index (χ0v) is 25.4. The molecule has 0 aliphatic carbocycles. The van der Waals surface area contributed by atoms with Gasteiger partial charge in [-0.25, -0.2) is 9.79 Å². The van der Waals surface area contributed by atoms with Crippen LogP contribution in [0.4, 0.5) is 0 Å². The number of aromatic nitrogens is 1. The van der Waals surface area contributed by atoms with E-state index in [2.05, 4.69) is 20.9 Å². The second kappa shape index (κ2) is 12.1. The average molecular weight is 658 g/mol. The Morgan fingerprint density at radius 1 is 1.12 bits per heavy atom. The Kier molecular flexibility index (Phi) is 8.61. The lowest BCUT2D eigenvalue weighted by molar-refractivity contribution is -0.139. The number of hydrogen-bond donors (Lipinski definition) is 0. The third-order valence-electron chi connectivity index (χ3n) is 6.27. The van der Waals surface area contributed by atoms with E-state index in [9.17, 15) is 9.59 Å². The lowest BCUT2D eigenvalue weighted by Crippen LogP contribution is -2.39. The quantitative estimate of drug-likeness (QED) is 0.214. The fourth-order valence-corrected chi connectivity index (χ4v) is 6.17. The topological polar surface area (TPSA) is 69.9 Å². The Morgan fingerprint density at radius 3 is 2.62 bits per heavy atom. The maximum absolute atomic E-state index is 13.8. The number of carbonyl (C=O) groups is 1. The summed E-state index contributed by atoms with van der Waals surface area (Å²) >= 11 is 17.0. The summed E-state index contributed by atoms with van der Waals surface area (Å²) in [6.07, 6.45) is 1.80. The molecular formula is C30H23BrCl2N2O4S. The molecule has 3 aromatic carbocycles. The summed E-state index contributed by atoms with van der Waals surface area (Å²) in [6.45, 7) is 4.00. The maximum atomic E-state index is 13.8. The third kappa shape index (κ3) is 5.95. The fourth-order valence-electron chi connectivity index (χ4n) is 4.40. The first kappa shape index (κ1) is 28.4. The minimum atomic E-state index is -0.663. The molecule has 0 N–H and O–H groups in total. The van der Waals surface area contributed by atoms with E-state index in [0.717, 1.165) is 21.2 Å². The van der Waals surface area contributed by atoms with Gasteiger partial charge >= 0.3 is 5.97 Å². The molecule has 1 aliphatic rings. The van der Waals surface area contributed by atoms with Crippen molar-refractivity contribution in [3.05, 3.63) is 129 Å². The number of fused-ring (bicyclic) bond motifs is 1. The first-order chi connectivity index (χ1) is 19.2. The molecule has 1 aliphatic heterocycles. The predicted octanol–water partition coefficient (Wildman–Crippen LogP) is 6.45. The van der Waals surface area contributed by atoms with Crippen LogP contribution in [0.3, 0.4) is 0 Å². The Balaban J connectivity index is 1.53. The van der Waals surface area contributed by atoms with Crippen LogP contribution in [0, 0.1) is 0 Å². The van der Waals surface area contributed by atoms with Crippen molar-refractivity contribution in [2.75, 3.05) is 6.61 Å². The van der Waals surface area contributed by atoms with Crippen molar-refractivity contribution in [1.82, 2.24) is 4.57 Å². The lowest BCUT2D eigenvalue weighted by Gasteiger charge is -2.24. The molecule has 1 atom stereocenters. The number of carbonyl (C=O) groups excluding carboxylic acids is 1. The highest BCUT2D eigenvalue weighted by Crippen LogP contribution is 2.31. The average Bonchev–Trinajstić information content (AvgIpc) is 3.22. The monoisotopic (exact) mass is 656 g/mol. The standard InChI is InChI=1S/C30H23BrCl2N2O4S/c1-3-38-29(37)26-17(2)34-30-35(27(26)19-7-10-21(31)11-8-19)28(36)25(40-30)14-18-5-4-6-23(13-18)39-16-20-9-12-22(32)15-24(20)33/h4-15,27H,3,16H2,1-2H3/b25-14-/t27-/m0/s1. The highest BCUT2D eigenvalue weighted by atomic mass is 79.9. The minimum absolute atomic E-state index is 0.218. The number of nitrogens with zero attached hydrogens (tertiary/aromatic N) is 2. The van der Waals surface area contributed by atoms with Crippen LogP contribution in [0.2, 0.25) is 10.0 Å². The van der Waals surface area contributed by atoms with Crippen LogP contribution in [-0.2, 0) is 16.1 Å². The molecular weight excluding hydrogens is 635 g/mol. The third-order valence-corrected chi connectivity index (χ3v) is 8.37. The molecule has 10 heteroatoms. The Hall–Kier alpha value is -3.17. The van der Waals surface area contributed by atoms with Gasteiger partial charge in [0, 0.05) is 20.1 Å². The van der Waals surface area contributed by atoms with Crippen LogP contribution < -0.4 is 19.6 Å². The van der Waals surface area contributed by atoms with Gasteiger partial charge in [-0.1, -0.05) is 80.8 Å². The summed E-state index contributed by atoms with van der Waals surface area (Å²) in [4.78, 5) is 32.0. The first-order valence-corrected chi connectivity index (χ1v) is 14.7. The Morgan fingerprint density at radius 2 is 1.90 bits per heavy atom. The van der Waals surface area contributed by atoms with Gasteiger partial charge in [0.2, 0.25) is 0 Å². The highest BCUT2D eigenvalue weighted by Gasteiger charge is 2.33. The molecule has 0 radical (unpaired) electrons. The van der Waals surface area contributed by atoms with Gasteiger partial charge < -0.3 is 9.47 Å². The summed E-state index contributed by atoms with van der Waals surface area (Å²) in [5.74, 6) is 0.136. The van der Waals surface area contributed by atoms with Crippen molar-refractivity contribution in [3.63, 3.8) is 0 Å². The summed E-state index contributed by atoms with van der Waals surface area (Å²) in [5, 5.41) is 1.09. The number of benzene rings is 3. The van der Waals surface area contributed by atoms with Crippen LogP contribution in [0.1, 0.15) is 36.6 Å². The number of allylic oxidation sites excluding steroid dienone is 1. The summed E-state index contributed by atoms with van der Waals surface area (Å²) in [5.41, 5.74) is 3.00. The fraction of sp³-hybridized carbons (Fsp3) is 0.167. The van der Waals surface area contributed by atoms with Gasteiger partial charge in [0.25, 0.3) is 5.56 Å². The largest absolute Gasteiger partial charge is 0.489 e. The van der Waals surface area contributed by atoms with Crippen LogP contribution in [0.25, 0.3) is 6.08 Å². The minimum Gasteiger partial charge on any atom is -0.489 e. The van der Waals surface area contributed by atoms with Gasteiger partial charge in [-0.15, -0.1) is 0 Å². The molecule has 204 valence electrons. The van der Waals surface area contributed by atoms with Gasteiger partial charge in [-0.05, 0) is 67.4 Å². The number of thiazole rings is 1. The van der Waals surface area contributed by atoms with Crippen LogP contribution in [0.5, 0.6) is 5.75 Å². The summed E-state index contributed by atoms with van der Waals surface area (Å²) in [7, 11) is 0. The zero-order chi connectivity index (χ0) is 28.4. The first-order valence-electron chi connectivity index (χ1n) is 12.4. The Bertz CT molecular complexity index is 1810. The van der Waals surface area contributed by atoms with Crippen molar-refractivity contribution in [3.8, 4) is 5.75 Å². The van der Waals surface area contributed by atoms with Crippen molar-refractivity contribution in [2.45, 2.75) is 26.5 Å². The van der Waals surface area contributed by atoms with E-state index in [0.29, 0.717) is 36.4 Å². The van der Waals surface area contributed by atoms with Crippen molar-refractivity contribution >= 4 is 62.5 Å².